The zero-order valence-corrected chi connectivity index (χ0v) is 19.0. The molecule has 9 heteroatoms. The third-order valence-electron chi connectivity index (χ3n) is 4.85. The Kier molecular flexibility index (Phi) is 11.0. The van der Waals surface area contributed by atoms with E-state index in [9.17, 15) is 13.2 Å². The number of carbonyl (C=O) groups excluding carboxylic acids is 1. The largest absolute Gasteiger partial charge is 0.493 e. The van der Waals surface area contributed by atoms with Gasteiger partial charge in [-0.1, -0.05) is 0 Å². The van der Waals surface area contributed by atoms with E-state index in [2.05, 4.69) is 23.9 Å². The zero-order valence-electron chi connectivity index (χ0n) is 18.2. The summed E-state index contributed by atoms with van der Waals surface area (Å²) >= 11 is 0. The van der Waals surface area contributed by atoms with E-state index in [0.29, 0.717) is 17.1 Å². The number of hydrogen-bond acceptors (Lipinski definition) is 5. The smallest absolute Gasteiger partial charge is 0.251 e. The number of carbonyl (C=O) groups is 1. The van der Waals surface area contributed by atoms with Crippen molar-refractivity contribution in [2.75, 3.05) is 46.2 Å². The van der Waals surface area contributed by atoms with E-state index in [1.165, 1.54) is 19.1 Å². The lowest BCUT2D eigenvalue weighted by atomic mass is 10.2. The van der Waals surface area contributed by atoms with Gasteiger partial charge in [-0.3, -0.25) is 4.79 Å². The fourth-order valence-electron chi connectivity index (χ4n) is 3.06. The summed E-state index contributed by atoms with van der Waals surface area (Å²) in [7, 11) is -0.457. The van der Waals surface area contributed by atoms with Gasteiger partial charge in [0.05, 0.1) is 39.6 Å². The number of benzene rings is 1. The maximum Gasteiger partial charge on any atom is 0.251 e. The molecule has 0 radical (unpaired) electrons. The van der Waals surface area contributed by atoms with Gasteiger partial charge in [-0.05, 0) is 51.8 Å². The average molecular weight is 431 g/mol. The first-order valence-electron chi connectivity index (χ1n) is 10.1. The van der Waals surface area contributed by atoms with Gasteiger partial charge in [0.2, 0.25) is 10.0 Å². The van der Waals surface area contributed by atoms with Crippen LogP contribution in [0.4, 0.5) is 0 Å². The van der Waals surface area contributed by atoms with Crippen LogP contribution in [0, 0.1) is 0 Å². The van der Waals surface area contributed by atoms with Gasteiger partial charge in [-0.25, -0.2) is 13.1 Å². The Morgan fingerprint density at radius 2 is 1.79 bits per heavy atom. The average Bonchev–Trinajstić information content (AvgIpc) is 2.69. The molecule has 1 aromatic rings. The Labute approximate surface area is 175 Å². The molecule has 1 atom stereocenters. The third-order valence-corrected chi connectivity index (χ3v) is 6.35. The molecule has 1 aromatic carbocycles. The van der Waals surface area contributed by atoms with Gasteiger partial charge in [0.25, 0.3) is 5.91 Å². The van der Waals surface area contributed by atoms with Gasteiger partial charge in [0, 0.05) is 18.2 Å². The van der Waals surface area contributed by atoms with Crippen LogP contribution in [-0.2, 0) is 10.0 Å². The highest BCUT2D eigenvalue weighted by Gasteiger charge is 2.16. The predicted octanol–water partition coefficient (Wildman–Crippen LogP) is 0.446. The van der Waals surface area contributed by atoms with Crippen LogP contribution in [0.25, 0.3) is 0 Å². The number of quaternary nitrogens is 1. The first kappa shape index (κ1) is 25.2. The Hall–Kier alpha value is -1.84. The van der Waals surface area contributed by atoms with Crippen LogP contribution in [0.2, 0.25) is 0 Å². The number of rotatable bonds is 14. The molecule has 0 fully saturated rings. The molecule has 1 amide bonds. The molecule has 0 heterocycles. The molecule has 0 aliphatic heterocycles. The zero-order chi connectivity index (χ0) is 21.9. The Morgan fingerprint density at radius 3 is 2.38 bits per heavy atom. The summed E-state index contributed by atoms with van der Waals surface area (Å²) in [4.78, 5) is 13.8. The van der Waals surface area contributed by atoms with E-state index < -0.39 is 10.0 Å². The van der Waals surface area contributed by atoms with Crippen molar-refractivity contribution in [1.29, 1.82) is 0 Å². The van der Waals surface area contributed by atoms with Crippen LogP contribution in [0.15, 0.2) is 18.2 Å². The molecule has 0 saturated heterocycles. The summed E-state index contributed by atoms with van der Waals surface area (Å²) in [5, 5.41) is 2.63. The van der Waals surface area contributed by atoms with E-state index >= 15 is 0 Å². The second-order valence-electron chi connectivity index (χ2n) is 7.01. The standard InChI is InChI=1S/C20H35N3O5S/c1-6-23(7-2)13-8-9-16(3)22-29(25,26)14-12-21-20(24)17-10-11-18(27-4)19(15-17)28-5/h10-11,15-16,22H,6-9,12-14H2,1-5H3,(H,21,24)/p+1/t16-/m1/s1. The van der Waals surface area contributed by atoms with E-state index in [-0.39, 0.29) is 24.2 Å². The minimum atomic E-state index is -3.46. The maximum absolute atomic E-state index is 12.3. The Morgan fingerprint density at radius 1 is 1.14 bits per heavy atom. The molecule has 0 aromatic heterocycles. The van der Waals surface area contributed by atoms with E-state index in [4.69, 9.17) is 9.47 Å². The van der Waals surface area contributed by atoms with E-state index in [1.807, 2.05) is 6.92 Å². The maximum atomic E-state index is 12.3. The number of amides is 1. The van der Waals surface area contributed by atoms with Crippen LogP contribution in [0.3, 0.4) is 0 Å². The molecule has 3 N–H and O–H groups in total. The van der Waals surface area contributed by atoms with E-state index in [1.54, 1.807) is 18.2 Å². The molecular formula is C20H36N3O5S+. The molecule has 8 nitrogen and oxygen atoms in total. The second-order valence-corrected chi connectivity index (χ2v) is 8.89. The number of nitrogens with one attached hydrogen (secondary N) is 3. The molecule has 0 spiro atoms. The van der Waals surface area contributed by atoms with Crippen LogP contribution in [-0.4, -0.2) is 66.5 Å². The Balaban J connectivity index is 2.44. The topological polar surface area (TPSA) is 98.2 Å². The lowest BCUT2D eigenvalue weighted by Gasteiger charge is -2.18. The van der Waals surface area contributed by atoms with Gasteiger partial charge in [0.1, 0.15) is 0 Å². The number of methoxy groups -OCH3 is 2. The third kappa shape index (κ3) is 9.01. The fourth-order valence-corrected chi connectivity index (χ4v) is 4.28. The second kappa shape index (κ2) is 12.7. The summed E-state index contributed by atoms with van der Waals surface area (Å²) in [6, 6.07) is 4.66. The van der Waals surface area contributed by atoms with Crippen LogP contribution < -0.4 is 24.4 Å². The highest BCUT2D eigenvalue weighted by molar-refractivity contribution is 7.89. The molecule has 0 saturated carbocycles. The minimum absolute atomic E-state index is 0.0266. The lowest BCUT2D eigenvalue weighted by molar-refractivity contribution is -0.896. The molecule has 166 valence electrons. The SMILES string of the molecule is CC[NH+](CC)CCC[C@@H](C)NS(=O)(=O)CCNC(=O)c1ccc(OC)c(OC)c1. The molecule has 29 heavy (non-hydrogen) atoms. The first-order chi connectivity index (χ1) is 13.8. The quantitative estimate of drug-likeness (QED) is 0.398. The molecule has 1 rings (SSSR count). The summed E-state index contributed by atoms with van der Waals surface area (Å²) in [6.07, 6.45) is 1.76. The molecule has 0 unspecified atom stereocenters. The Bertz CT molecular complexity index is 736. The summed E-state index contributed by atoms with van der Waals surface area (Å²) in [6.45, 7) is 9.41. The summed E-state index contributed by atoms with van der Waals surface area (Å²) in [5.74, 6) is 0.427. The van der Waals surface area contributed by atoms with Crippen molar-refractivity contribution in [2.45, 2.75) is 39.7 Å². The van der Waals surface area contributed by atoms with Crippen LogP contribution in [0.5, 0.6) is 11.5 Å². The predicted molar refractivity (Wildman–Crippen MR) is 114 cm³/mol. The van der Waals surface area contributed by atoms with Crippen molar-refractivity contribution in [1.82, 2.24) is 10.0 Å². The van der Waals surface area contributed by atoms with Gasteiger partial charge in [-0.2, -0.15) is 0 Å². The van der Waals surface area contributed by atoms with Crippen molar-refractivity contribution in [3.05, 3.63) is 23.8 Å². The monoisotopic (exact) mass is 430 g/mol. The summed E-state index contributed by atoms with van der Waals surface area (Å²) in [5.41, 5.74) is 0.375. The molecule has 0 bridgehead atoms. The normalized spacial score (nSPS) is 12.6. The van der Waals surface area contributed by atoms with Crippen LogP contribution in [0.1, 0.15) is 44.0 Å². The van der Waals surface area contributed by atoms with E-state index in [0.717, 1.165) is 32.5 Å². The highest BCUT2D eigenvalue weighted by atomic mass is 32.2. The molecule has 0 aliphatic carbocycles. The van der Waals surface area contributed by atoms with Crippen molar-refractivity contribution in [3.8, 4) is 11.5 Å². The molecular weight excluding hydrogens is 394 g/mol. The lowest BCUT2D eigenvalue weighted by Crippen LogP contribution is -3.11. The highest BCUT2D eigenvalue weighted by Crippen LogP contribution is 2.27. The minimum Gasteiger partial charge on any atom is -0.493 e. The van der Waals surface area contributed by atoms with Gasteiger partial charge >= 0.3 is 0 Å². The fraction of sp³-hybridized carbons (Fsp3) is 0.650. The number of ether oxygens (including phenoxy) is 2. The number of hydrogen-bond donors (Lipinski definition) is 3. The summed E-state index contributed by atoms with van der Waals surface area (Å²) < 4.78 is 37.5. The number of sulfonamides is 1. The van der Waals surface area contributed by atoms with Gasteiger partial charge in [-0.15, -0.1) is 0 Å². The van der Waals surface area contributed by atoms with Crippen molar-refractivity contribution in [2.24, 2.45) is 0 Å². The van der Waals surface area contributed by atoms with Gasteiger partial charge < -0.3 is 19.7 Å². The van der Waals surface area contributed by atoms with Crippen molar-refractivity contribution < 1.29 is 27.6 Å². The molecule has 0 aliphatic rings. The van der Waals surface area contributed by atoms with Gasteiger partial charge in [0.15, 0.2) is 11.5 Å². The van der Waals surface area contributed by atoms with Crippen molar-refractivity contribution in [3.63, 3.8) is 0 Å². The van der Waals surface area contributed by atoms with Crippen LogP contribution >= 0.6 is 0 Å². The first-order valence-corrected chi connectivity index (χ1v) is 11.7. The van der Waals surface area contributed by atoms with Crippen molar-refractivity contribution >= 4 is 15.9 Å².